The SMILES string of the molecule is CC(=O)CCC(=O)NCCc1c(-c2ccccc2)[nH]c2ccccc12. The van der Waals surface area contributed by atoms with Crippen molar-refractivity contribution in [3.05, 3.63) is 60.2 Å². The summed E-state index contributed by atoms with van der Waals surface area (Å²) in [6, 6.07) is 18.4. The van der Waals surface area contributed by atoms with Crippen LogP contribution in [0, 0.1) is 0 Å². The number of carbonyl (C=O) groups is 2. The van der Waals surface area contributed by atoms with Crippen LogP contribution in [0.3, 0.4) is 0 Å². The van der Waals surface area contributed by atoms with E-state index in [0.717, 1.165) is 23.2 Å². The van der Waals surface area contributed by atoms with E-state index >= 15 is 0 Å². The number of amides is 1. The van der Waals surface area contributed by atoms with Gasteiger partial charge in [0.15, 0.2) is 0 Å². The van der Waals surface area contributed by atoms with E-state index in [4.69, 9.17) is 0 Å². The Bertz CT molecular complexity index is 881. The summed E-state index contributed by atoms with van der Waals surface area (Å²) >= 11 is 0. The van der Waals surface area contributed by atoms with E-state index < -0.39 is 0 Å². The molecular weight excluding hydrogens is 312 g/mol. The predicted octanol–water partition coefficient (Wildman–Crippen LogP) is 3.86. The second-order valence-corrected chi connectivity index (χ2v) is 6.19. The monoisotopic (exact) mass is 334 g/mol. The third-order valence-corrected chi connectivity index (χ3v) is 4.28. The summed E-state index contributed by atoms with van der Waals surface area (Å²) in [5.41, 5.74) is 4.53. The number of H-pyrrole nitrogens is 1. The zero-order valence-corrected chi connectivity index (χ0v) is 14.3. The summed E-state index contributed by atoms with van der Waals surface area (Å²) in [5, 5.41) is 4.09. The molecule has 128 valence electrons. The average molecular weight is 334 g/mol. The fraction of sp³-hybridized carbons (Fsp3) is 0.238. The van der Waals surface area contributed by atoms with Gasteiger partial charge < -0.3 is 15.1 Å². The molecule has 0 saturated carbocycles. The fourth-order valence-electron chi connectivity index (χ4n) is 3.02. The molecule has 0 atom stereocenters. The molecule has 0 bridgehead atoms. The second kappa shape index (κ2) is 7.79. The van der Waals surface area contributed by atoms with Crippen molar-refractivity contribution in [3.63, 3.8) is 0 Å². The molecule has 2 N–H and O–H groups in total. The minimum atomic E-state index is -0.0729. The Morgan fingerprint density at radius 2 is 1.68 bits per heavy atom. The van der Waals surface area contributed by atoms with Crippen LogP contribution in [0.2, 0.25) is 0 Å². The molecule has 0 aliphatic carbocycles. The first kappa shape index (κ1) is 17.0. The summed E-state index contributed by atoms with van der Waals surface area (Å²) in [6.45, 7) is 2.06. The highest BCUT2D eigenvalue weighted by Crippen LogP contribution is 2.30. The van der Waals surface area contributed by atoms with Crippen LogP contribution in [0.15, 0.2) is 54.6 Å². The van der Waals surface area contributed by atoms with E-state index in [1.165, 1.54) is 17.9 Å². The lowest BCUT2D eigenvalue weighted by Crippen LogP contribution is -2.25. The molecule has 3 rings (SSSR count). The van der Waals surface area contributed by atoms with Crippen molar-refractivity contribution < 1.29 is 9.59 Å². The first-order valence-corrected chi connectivity index (χ1v) is 8.56. The van der Waals surface area contributed by atoms with Crippen LogP contribution in [0.1, 0.15) is 25.3 Å². The number of Topliss-reactive ketones (excluding diaryl/α,β-unsaturated/α-hetero) is 1. The molecule has 4 heteroatoms. The number of hydrogen-bond donors (Lipinski definition) is 2. The fourth-order valence-corrected chi connectivity index (χ4v) is 3.02. The first-order valence-electron chi connectivity index (χ1n) is 8.56. The summed E-state index contributed by atoms with van der Waals surface area (Å²) in [4.78, 5) is 26.3. The molecule has 0 unspecified atom stereocenters. The maximum atomic E-state index is 11.8. The second-order valence-electron chi connectivity index (χ2n) is 6.19. The molecule has 1 heterocycles. The minimum Gasteiger partial charge on any atom is -0.356 e. The third kappa shape index (κ3) is 4.15. The molecule has 0 fully saturated rings. The van der Waals surface area contributed by atoms with E-state index in [9.17, 15) is 9.59 Å². The summed E-state index contributed by atoms with van der Waals surface area (Å²) in [5.74, 6) is -0.0329. The van der Waals surface area contributed by atoms with Crippen LogP contribution in [0.4, 0.5) is 0 Å². The molecule has 0 aliphatic heterocycles. The molecular formula is C21H22N2O2. The Labute approximate surface area is 147 Å². The lowest BCUT2D eigenvalue weighted by Gasteiger charge is -2.07. The van der Waals surface area contributed by atoms with Gasteiger partial charge >= 0.3 is 0 Å². The zero-order valence-electron chi connectivity index (χ0n) is 14.3. The van der Waals surface area contributed by atoms with Crippen LogP contribution in [-0.2, 0) is 16.0 Å². The maximum Gasteiger partial charge on any atom is 0.220 e. The summed E-state index contributed by atoms with van der Waals surface area (Å²) < 4.78 is 0. The smallest absolute Gasteiger partial charge is 0.220 e. The van der Waals surface area contributed by atoms with Crippen molar-refractivity contribution in [2.45, 2.75) is 26.2 Å². The van der Waals surface area contributed by atoms with Crippen LogP contribution in [-0.4, -0.2) is 23.2 Å². The molecule has 3 aromatic rings. The highest BCUT2D eigenvalue weighted by molar-refractivity contribution is 5.91. The van der Waals surface area contributed by atoms with E-state index in [2.05, 4.69) is 34.6 Å². The molecule has 0 saturated heterocycles. The topological polar surface area (TPSA) is 62.0 Å². The number of fused-ring (bicyclic) bond motifs is 1. The molecule has 4 nitrogen and oxygen atoms in total. The summed E-state index contributed by atoms with van der Waals surface area (Å²) in [7, 11) is 0. The Morgan fingerprint density at radius 3 is 2.44 bits per heavy atom. The first-order chi connectivity index (χ1) is 12.1. The van der Waals surface area contributed by atoms with E-state index in [-0.39, 0.29) is 18.1 Å². The maximum absolute atomic E-state index is 11.8. The van der Waals surface area contributed by atoms with Crippen molar-refractivity contribution >= 4 is 22.6 Å². The largest absolute Gasteiger partial charge is 0.356 e. The van der Waals surface area contributed by atoms with Gasteiger partial charge in [-0.05, 0) is 30.5 Å². The van der Waals surface area contributed by atoms with Crippen molar-refractivity contribution in [1.29, 1.82) is 0 Å². The number of aromatic nitrogens is 1. The number of para-hydroxylation sites is 1. The quantitative estimate of drug-likeness (QED) is 0.689. The van der Waals surface area contributed by atoms with Crippen LogP contribution in [0.5, 0.6) is 0 Å². The van der Waals surface area contributed by atoms with Gasteiger partial charge in [0.1, 0.15) is 5.78 Å². The van der Waals surface area contributed by atoms with Gasteiger partial charge in [-0.25, -0.2) is 0 Å². The van der Waals surface area contributed by atoms with Crippen molar-refractivity contribution in [3.8, 4) is 11.3 Å². The normalized spacial score (nSPS) is 10.8. The number of ketones is 1. The molecule has 0 aliphatic rings. The van der Waals surface area contributed by atoms with Gasteiger partial charge in [-0.1, -0.05) is 48.5 Å². The number of aromatic amines is 1. The standard InChI is InChI=1S/C21H22N2O2/c1-15(24)11-12-20(25)22-14-13-18-17-9-5-6-10-19(17)23-21(18)16-7-3-2-4-8-16/h2-10,23H,11-14H2,1H3,(H,22,25). The molecule has 1 aromatic heterocycles. The average Bonchev–Trinajstić information content (AvgIpc) is 2.99. The lowest BCUT2D eigenvalue weighted by molar-refractivity contribution is -0.124. The van der Waals surface area contributed by atoms with Crippen molar-refractivity contribution in [2.24, 2.45) is 0 Å². The van der Waals surface area contributed by atoms with Crippen molar-refractivity contribution in [1.82, 2.24) is 10.3 Å². The molecule has 0 radical (unpaired) electrons. The third-order valence-electron chi connectivity index (χ3n) is 4.28. The van der Waals surface area contributed by atoms with Gasteiger partial charge in [-0.2, -0.15) is 0 Å². The molecule has 1 amide bonds. The van der Waals surface area contributed by atoms with Gasteiger partial charge in [0.05, 0.1) is 0 Å². The predicted molar refractivity (Wildman–Crippen MR) is 100 cm³/mol. The number of nitrogens with one attached hydrogen (secondary N) is 2. The zero-order chi connectivity index (χ0) is 17.6. The Kier molecular flexibility index (Phi) is 5.29. The van der Waals surface area contributed by atoms with Crippen LogP contribution >= 0.6 is 0 Å². The van der Waals surface area contributed by atoms with Gasteiger partial charge in [-0.3, -0.25) is 4.79 Å². The highest BCUT2D eigenvalue weighted by Gasteiger charge is 2.13. The molecule has 2 aromatic carbocycles. The van der Waals surface area contributed by atoms with Crippen LogP contribution < -0.4 is 5.32 Å². The molecule has 25 heavy (non-hydrogen) atoms. The Morgan fingerprint density at radius 1 is 0.960 bits per heavy atom. The van der Waals surface area contributed by atoms with E-state index in [1.807, 2.05) is 30.3 Å². The van der Waals surface area contributed by atoms with Gasteiger partial charge in [0.2, 0.25) is 5.91 Å². The van der Waals surface area contributed by atoms with E-state index in [1.54, 1.807) is 0 Å². The van der Waals surface area contributed by atoms with Gasteiger partial charge in [-0.15, -0.1) is 0 Å². The number of rotatable bonds is 7. The number of benzene rings is 2. The van der Waals surface area contributed by atoms with Crippen molar-refractivity contribution in [2.75, 3.05) is 6.54 Å². The van der Waals surface area contributed by atoms with E-state index in [0.29, 0.717) is 13.0 Å². The Balaban J connectivity index is 1.78. The van der Waals surface area contributed by atoms with Gasteiger partial charge in [0, 0.05) is 36.0 Å². The Hall–Kier alpha value is -2.88. The highest BCUT2D eigenvalue weighted by atomic mass is 16.2. The van der Waals surface area contributed by atoms with Gasteiger partial charge in [0.25, 0.3) is 0 Å². The summed E-state index contributed by atoms with van der Waals surface area (Å²) in [6.07, 6.45) is 1.29. The molecule has 0 spiro atoms. The minimum absolute atomic E-state index is 0.0399. The lowest BCUT2D eigenvalue weighted by atomic mass is 10.0. The van der Waals surface area contributed by atoms with Crippen LogP contribution in [0.25, 0.3) is 22.2 Å². The number of carbonyl (C=O) groups excluding carboxylic acids is 2. The number of hydrogen-bond acceptors (Lipinski definition) is 2.